The lowest BCUT2D eigenvalue weighted by Crippen LogP contribution is -2.32. The Hall–Kier alpha value is -0.380. The Morgan fingerprint density at radius 1 is 0.875 bits per heavy atom. The summed E-state index contributed by atoms with van der Waals surface area (Å²) in [5.74, 6) is -0.207. The largest absolute Gasteiger partial charge is 0.381 e. The average molecular weight is 226 g/mol. The summed E-state index contributed by atoms with van der Waals surface area (Å²) in [5.41, 5.74) is 1.34. The molecular formula is C13H22O3. The van der Waals surface area contributed by atoms with E-state index in [2.05, 4.69) is 6.58 Å². The lowest BCUT2D eigenvalue weighted by atomic mass is 9.91. The lowest BCUT2D eigenvalue weighted by Gasteiger charge is -2.32. The number of hydrogen-bond acceptors (Lipinski definition) is 3. The fourth-order valence-electron chi connectivity index (χ4n) is 2.28. The van der Waals surface area contributed by atoms with E-state index >= 15 is 0 Å². The van der Waals surface area contributed by atoms with Gasteiger partial charge in [0.15, 0.2) is 5.79 Å². The normalized spacial score (nSPS) is 27.9. The first-order valence-electron chi connectivity index (χ1n) is 6.33. The monoisotopic (exact) mass is 226 g/mol. The Kier molecular flexibility index (Phi) is 4.38. The van der Waals surface area contributed by atoms with Gasteiger partial charge in [-0.2, -0.15) is 0 Å². The van der Waals surface area contributed by atoms with Gasteiger partial charge in [-0.3, -0.25) is 0 Å². The van der Waals surface area contributed by atoms with Gasteiger partial charge in [0.2, 0.25) is 0 Å². The fraction of sp³-hybridized carbons (Fsp3) is 0.846. The SMILES string of the molecule is C1CCOC1.C=C1CCC2(CC1)OCCO2. The summed E-state index contributed by atoms with van der Waals surface area (Å²) in [6.07, 6.45) is 6.71. The number of hydrogen-bond donors (Lipinski definition) is 0. The van der Waals surface area contributed by atoms with Crippen LogP contribution in [-0.4, -0.2) is 32.2 Å². The highest BCUT2D eigenvalue weighted by Crippen LogP contribution is 2.37. The minimum Gasteiger partial charge on any atom is -0.381 e. The van der Waals surface area contributed by atoms with E-state index in [1.54, 1.807) is 0 Å². The highest BCUT2D eigenvalue weighted by molar-refractivity contribution is 5.01. The van der Waals surface area contributed by atoms with Crippen molar-refractivity contribution in [1.82, 2.24) is 0 Å². The number of allylic oxidation sites excluding steroid dienone is 1. The van der Waals surface area contributed by atoms with E-state index in [0.717, 1.165) is 52.1 Å². The molecule has 1 spiro atoms. The molecule has 2 saturated heterocycles. The van der Waals surface area contributed by atoms with Crippen LogP contribution in [0.25, 0.3) is 0 Å². The molecule has 1 saturated carbocycles. The molecule has 0 aromatic heterocycles. The maximum absolute atomic E-state index is 5.57. The van der Waals surface area contributed by atoms with Crippen molar-refractivity contribution in [1.29, 1.82) is 0 Å². The summed E-state index contributed by atoms with van der Waals surface area (Å²) in [6, 6.07) is 0. The first-order chi connectivity index (χ1) is 7.81. The van der Waals surface area contributed by atoms with Crippen LogP contribution in [0.5, 0.6) is 0 Å². The Bertz CT molecular complexity index is 208. The predicted molar refractivity (Wildman–Crippen MR) is 62.3 cm³/mol. The van der Waals surface area contributed by atoms with E-state index in [1.165, 1.54) is 18.4 Å². The summed E-state index contributed by atoms with van der Waals surface area (Å²) < 4.78 is 16.1. The van der Waals surface area contributed by atoms with Crippen molar-refractivity contribution >= 4 is 0 Å². The molecule has 0 amide bonds. The predicted octanol–water partition coefficient (Wildman–Crippen LogP) is 2.66. The Morgan fingerprint density at radius 2 is 1.44 bits per heavy atom. The van der Waals surface area contributed by atoms with Crippen LogP contribution in [0.2, 0.25) is 0 Å². The zero-order valence-corrected chi connectivity index (χ0v) is 10.0. The quantitative estimate of drug-likeness (QED) is 0.594. The summed E-state index contributed by atoms with van der Waals surface area (Å²) in [7, 11) is 0. The van der Waals surface area contributed by atoms with Gasteiger partial charge in [0.25, 0.3) is 0 Å². The van der Waals surface area contributed by atoms with Crippen molar-refractivity contribution in [3.63, 3.8) is 0 Å². The number of ether oxygens (including phenoxy) is 3. The molecule has 3 fully saturated rings. The van der Waals surface area contributed by atoms with Crippen LogP contribution in [0.1, 0.15) is 38.5 Å². The van der Waals surface area contributed by atoms with Crippen molar-refractivity contribution in [2.24, 2.45) is 0 Å². The second-order valence-corrected chi connectivity index (χ2v) is 4.68. The molecule has 0 radical (unpaired) electrons. The van der Waals surface area contributed by atoms with Gasteiger partial charge in [0.1, 0.15) is 0 Å². The van der Waals surface area contributed by atoms with Gasteiger partial charge in [-0.15, -0.1) is 0 Å². The molecule has 3 aliphatic rings. The van der Waals surface area contributed by atoms with Crippen molar-refractivity contribution in [3.05, 3.63) is 12.2 Å². The molecule has 0 unspecified atom stereocenters. The van der Waals surface area contributed by atoms with Crippen LogP contribution in [0.4, 0.5) is 0 Å². The Labute approximate surface area is 97.8 Å². The van der Waals surface area contributed by atoms with Gasteiger partial charge < -0.3 is 14.2 Å². The van der Waals surface area contributed by atoms with Gasteiger partial charge in [0.05, 0.1) is 13.2 Å². The molecule has 0 N–H and O–H groups in total. The molecule has 2 heterocycles. The minimum atomic E-state index is -0.207. The molecule has 1 aliphatic carbocycles. The van der Waals surface area contributed by atoms with Gasteiger partial charge in [0, 0.05) is 26.1 Å². The van der Waals surface area contributed by atoms with Crippen molar-refractivity contribution in [2.75, 3.05) is 26.4 Å². The molecule has 3 nitrogen and oxygen atoms in total. The summed E-state index contributed by atoms with van der Waals surface area (Å²) in [4.78, 5) is 0. The molecule has 3 heteroatoms. The van der Waals surface area contributed by atoms with Gasteiger partial charge in [-0.25, -0.2) is 0 Å². The molecule has 2 aliphatic heterocycles. The van der Waals surface area contributed by atoms with E-state index in [-0.39, 0.29) is 5.79 Å². The van der Waals surface area contributed by atoms with Crippen molar-refractivity contribution < 1.29 is 14.2 Å². The Morgan fingerprint density at radius 3 is 1.88 bits per heavy atom. The smallest absolute Gasteiger partial charge is 0.169 e. The van der Waals surface area contributed by atoms with E-state index in [1.807, 2.05) is 0 Å². The molecule has 92 valence electrons. The molecule has 0 aromatic carbocycles. The highest BCUT2D eigenvalue weighted by Gasteiger charge is 2.38. The highest BCUT2D eigenvalue weighted by atomic mass is 16.7. The van der Waals surface area contributed by atoms with E-state index in [4.69, 9.17) is 14.2 Å². The first kappa shape index (κ1) is 12.1. The molecule has 16 heavy (non-hydrogen) atoms. The maximum Gasteiger partial charge on any atom is 0.169 e. The molecule has 0 atom stereocenters. The third-order valence-electron chi connectivity index (χ3n) is 3.36. The summed E-state index contributed by atoms with van der Waals surface area (Å²) in [6.45, 7) is 7.50. The second kappa shape index (κ2) is 5.80. The Balaban J connectivity index is 0.000000162. The van der Waals surface area contributed by atoms with Crippen molar-refractivity contribution in [2.45, 2.75) is 44.3 Å². The number of rotatable bonds is 0. The second-order valence-electron chi connectivity index (χ2n) is 4.68. The summed E-state index contributed by atoms with van der Waals surface area (Å²) >= 11 is 0. The van der Waals surface area contributed by atoms with Gasteiger partial charge in [-0.1, -0.05) is 12.2 Å². The molecule has 0 aromatic rings. The minimum absolute atomic E-state index is 0.207. The topological polar surface area (TPSA) is 27.7 Å². The molecule has 0 bridgehead atoms. The lowest BCUT2D eigenvalue weighted by molar-refractivity contribution is -0.171. The third-order valence-corrected chi connectivity index (χ3v) is 3.36. The average Bonchev–Trinajstić information content (AvgIpc) is 2.98. The van der Waals surface area contributed by atoms with Crippen LogP contribution in [-0.2, 0) is 14.2 Å². The van der Waals surface area contributed by atoms with Crippen molar-refractivity contribution in [3.8, 4) is 0 Å². The zero-order chi connectivity index (χ0) is 11.3. The van der Waals surface area contributed by atoms with Crippen LogP contribution in [0, 0.1) is 0 Å². The van der Waals surface area contributed by atoms with Crippen LogP contribution < -0.4 is 0 Å². The molecular weight excluding hydrogens is 204 g/mol. The van der Waals surface area contributed by atoms with Gasteiger partial charge in [-0.05, 0) is 25.7 Å². The standard InChI is InChI=1S/C9H14O2.C4H8O/c1-8-2-4-9(5-3-8)10-6-7-11-9;1-2-4-5-3-1/h1-7H2;1-4H2. The maximum atomic E-state index is 5.57. The van der Waals surface area contributed by atoms with Crippen LogP contribution in [0.15, 0.2) is 12.2 Å². The summed E-state index contributed by atoms with van der Waals surface area (Å²) in [5, 5.41) is 0. The zero-order valence-electron chi connectivity index (χ0n) is 10.0. The third kappa shape index (κ3) is 3.30. The van der Waals surface area contributed by atoms with Crippen LogP contribution >= 0.6 is 0 Å². The van der Waals surface area contributed by atoms with Crippen LogP contribution in [0.3, 0.4) is 0 Å². The van der Waals surface area contributed by atoms with E-state index < -0.39 is 0 Å². The van der Waals surface area contributed by atoms with Gasteiger partial charge >= 0.3 is 0 Å². The van der Waals surface area contributed by atoms with E-state index in [0.29, 0.717) is 0 Å². The fourth-order valence-corrected chi connectivity index (χ4v) is 2.28. The molecule has 3 rings (SSSR count). The first-order valence-corrected chi connectivity index (χ1v) is 6.33. The van der Waals surface area contributed by atoms with E-state index in [9.17, 15) is 0 Å².